The van der Waals surface area contributed by atoms with Gasteiger partial charge in [0.2, 0.25) is 5.91 Å². The van der Waals surface area contributed by atoms with Crippen LogP contribution in [0.5, 0.6) is 0 Å². The monoisotopic (exact) mass is 299 g/mol. The topological polar surface area (TPSA) is 85.0 Å². The minimum atomic E-state index is -0.303. The van der Waals surface area contributed by atoms with Crippen LogP contribution in [0.1, 0.15) is 30.5 Å². The Bertz CT molecular complexity index is 618. The summed E-state index contributed by atoms with van der Waals surface area (Å²) in [5.41, 5.74) is 7.02. The molecule has 1 aromatic heterocycles. The van der Waals surface area contributed by atoms with Crippen LogP contribution < -0.4 is 16.4 Å². The van der Waals surface area contributed by atoms with Crippen LogP contribution in [-0.4, -0.2) is 28.8 Å². The highest BCUT2D eigenvalue weighted by Crippen LogP contribution is 2.17. The third-order valence-corrected chi connectivity index (χ3v) is 3.92. The van der Waals surface area contributed by atoms with Crippen molar-refractivity contribution in [1.82, 2.24) is 15.1 Å². The Balaban J connectivity index is 1.55. The van der Waals surface area contributed by atoms with Crippen molar-refractivity contribution < 1.29 is 4.79 Å². The highest BCUT2D eigenvalue weighted by atomic mass is 16.1. The van der Waals surface area contributed by atoms with Gasteiger partial charge in [-0.3, -0.25) is 9.48 Å². The minimum absolute atomic E-state index is 0.119. The maximum atomic E-state index is 12.1. The van der Waals surface area contributed by atoms with Crippen molar-refractivity contribution in [2.24, 2.45) is 5.73 Å². The first-order valence-electron chi connectivity index (χ1n) is 7.58. The van der Waals surface area contributed by atoms with Gasteiger partial charge in [0.15, 0.2) is 5.82 Å². The lowest BCUT2D eigenvalue weighted by atomic mass is 10.0. The Morgan fingerprint density at radius 2 is 2.23 bits per heavy atom. The Kier molecular flexibility index (Phi) is 4.50. The number of hydrogen-bond donors (Lipinski definition) is 3. The van der Waals surface area contributed by atoms with Gasteiger partial charge in [0.05, 0.1) is 6.04 Å². The molecule has 0 unspecified atom stereocenters. The summed E-state index contributed by atoms with van der Waals surface area (Å²) in [7, 11) is 0. The van der Waals surface area contributed by atoms with Gasteiger partial charge >= 0.3 is 0 Å². The SMILES string of the molecule is N[C@@H](CC(=O)Nc1ccn([C@@H]2CCNC2)n1)c1ccccc1. The molecule has 3 rings (SSSR count). The van der Waals surface area contributed by atoms with E-state index in [1.807, 2.05) is 47.3 Å². The summed E-state index contributed by atoms with van der Waals surface area (Å²) in [6.45, 7) is 1.94. The van der Waals surface area contributed by atoms with Crippen molar-refractivity contribution in [2.75, 3.05) is 18.4 Å². The summed E-state index contributed by atoms with van der Waals surface area (Å²) in [5, 5.41) is 10.5. The molecule has 6 heteroatoms. The highest BCUT2D eigenvalue weighted by molar-refractivity contribution is 5.90. The average molecular weight is 299 g/mol. The van der Waals surface area contributed by atoms with Crippen LogP contribution in [-0.2, 0) is 4.79 Å². The van der Waals surface area contributed by atoms with E-state index in [4.69, 9.17) is 5.73 Å². The first-order valence-corrected chi connectivity index (χ1v) is 7.58. The summed E-state index contributed by atoms with van der Waals surface area (Å²) in [6, 6.07) is 11.5. The van der Waals surface area contributed by atoms with Crippen molar-refractivity contribution in [1.29, 1.82) is 0 Å². The number of nitrogens with one attached hydrogen (secondary N) is 2. The normalized spacial score (nSPS) is 19.0. The second kappa shape index (κ2) is 6.72. The third-order valence-electron chi connectivity index (χ3n) is 3.92. The standard InChI is InChI=1S/C16H21N5O/c17-14(12-4-2-1-3-5-12)10-16(22)19-15-7-9-21(20-15)13-6-8-18-11-13/h1-5,7,9,13-14,18H,6,8,10-11,17H2,(H,19,20,22)/t13-,14+/m1/s1. The molecule has 4 N–H and O–H groups in total. The molecule has 1 fully saturated rings. The summed E-state index contributed by atoms with van der Waals surface area (Å²) < 4.78 is 1.91. The maximum Gasteiger partial charge on any atom is 0.227 e. The van der Waals surface area contributed by atoms with E-state index in [1.54, 1.807) is 0 Å². The smallest absolute Gasteiger partial charge is 0.227 e. The van der Waals surface area contributed by atoms with E-state index >= 15 is 0 Å². The number of nitrogens with zero attached hydrogens (tertiary/aromatic N) is 2. The summed E-state index contributed by atoms with van der Waals surface area (Å²) in [4.78, 5) is 12.1. The largest absolute Gasteiger partial charge is 0.324 e. The number of carbonyl (C=O) groups is 1. The minimum Gasteiger partial charge on any atom is -0.324 e. The van der Waals surface area contributed by atoms with Crippen molar-refractivity contribution in [3.05, 3.63) is 48.2 Å². The van der Waals surface area contributed by atoms with Crippen molar-refractivity contribution in [3.8, 4) is 0 Å². The van der Waals surface area contributed by atoms with Gasteiger partial charge < -0.3 is 16.4 Å². The molecular formula is C16H21N5O. The average Bonchev–Trinajstić information content (AvgIpc) is 3.19. The Hall–Kier alpha value is -2.18. The predicted molar refractivity (Wildman–Crippen MR) is 85.4 cm³/mol. The van der Waals surface area contributed by atoms with E-state index in [0.717, 1.165) is 25.1 Å². The molecule has 6 nitrogen and oxygen atoms in total. The maximum absolute atomic E-state index is 12.1. The van der Waals surface area contributed by atoms with E-state index < -0.39 is 0 Å². The molecule has 2 heterocycles. The molecule has 116 valence electrons. The number of benzene rings is 1. The fourth-order valence-corrected chi connectivity index (χ4v) is 2.68. The molecule has 1 saturated heterocycles. The molecule has 0 aliphatic carbocycles. The predicted octanol–water partition coefficient (Wildman–Crippen LogP) is 1.45. The molecule has 2 atom stereocenters. The number of aromatic nitrogens is 2. The van der Waals surface area contributed by atoms with Crippen LogP contribution in [0.25, 0.3) is 0 Å². The van der Waals surface area contributed by atoms with Gasteiger partial charge in [-0.25, -0.2) is 0 Å². The first-order chi connectivity index (χ1) is 10.7. The number of hydrogen-bond acceptors (Lipinski definition) is 4. The molecule has 0 saturated carbocycles. The van der Waals surface area contributed by atoms with Gasteiger partial charge in [-0.2, -0.15) is 5.10 Å². The second-order valence-corrected chi connectivity index (χ2v) is 5.60. The number of amides is 1. The lowest BCUT2D eigenvalue weighted by Crippen LogP contribution is -2.21. The molecule has 0 radical (unpaired) electrons. The Labute approximate surface area is 129 Å². The van der Waals surface area contributed by atoms with Gasteiger partial charge in [-0.1, -0.05) is 30.3 Å². The number of nitrogens with two attached hydrogens (primary N) is 1. The van der Waals surface area contributed by atoms with Crippen LogP contribution in [0, 0.1) is 0 Å². The molecule has 1 aliphatic heterocycles. The number of anilines is 1. The van der Waals surface area contributed by atoms with Crippen LogP contribution in [0.4, 0.5) is 5.82 Å². The van der Waals surface area contributed by atoms with Crippen molar-refractivity contribution in [2.45, 2.75) is 24.9 Å². The van der Waals surface area contributed by atoms with E-state index in [1.165, 1.54) is 0 Å². The molecule has 1 aliphatic rings. The second-order valence-electron chi connectivity index (χ2n) is 5.60. The van der Waals surface area contributed by atoms with E-state index in [-0.39, 0.29) is 18.4 Å². The zero-order valence-electron chi connectivity index (χ0n) is 12.4. The number of rotatable bonds is 5. The van der Waals surface area contributed by atoms with Gasteiger partial charge in [-0.15, -0.1) is 0 Å². The third kappa shape index (κ3) is 3.52. The first kappa shape index (κ1) is 14.7. The highest BCUT2D eigenvalue weighted by Gasteiger charge is 2.18. The van der Waals surface area contributed by atoms with Crippen LogP contribution in [0.15, 0.2) is 42.6 Å². The van der Waals surface area contributed by atoms with Gasteiger partial charge in [0.1, 0.15) is 0 Å². The molecule has 0 spiro atoms. The van der Waals surface area contributed by atoms with Crippen molar-refractivity contribution >= 4 is 11.7 Å². The lowest BCUT2D eigenvalue weighted by molar-refractivity contribution is -0.116. The van der Waals surface area contributed by atoms with Gasteiger partial charge in [-0.05, 0) is 18.5 Å². The molecular weight excluding hydrogens is 278 g/mol. The van der Waals surface area contributed by atoms with Gasteiger partial charge in [0.25, 0.3) is 0 Å². The fourth-order valence-electron chi connectivity index (χ4n) is 2.68. The van der Waals surface area contributed by atoms with E-state index in [0.29, 0.717) is 11.9 Å². The summed E-state index contributed by atoms with van der Waals surface area (Å²) in [6.07, 6.45) is 3.21. The zero-order chi connectivity index (χ0) is 15.4. The number of carbonyl (C=O) groups excluding carboxylic acids is 1. The van der Waals surface area contributed by atoms with E-state index in [9.17, 15) is 4.79 Å². The molecule has 0 bridgehead atoms. The zero-order valence-corrected chi connectivity index (χ0v) is 12.4. The fraction of sp³-hybridized carbons (Fsp3) is 0.375. The van der Waals surface area contributed by atoms with E-state index in [2.05, 4.69) is 15.7 Å². The Morgan fingerprint density at radius 1 is 1.41 bits per heavy atom. The summed E-state index contributed by atoms with van der Waals surface area (Å²) >= 11 is 0. The molecule has 22 heavy (non-hydrogen) atoms. The van der Waals surface area contributed by atoms with Crippen molar-refractivity contribution in [3.63, 3.8) is 0 Å². The molecule has 2 aromatic rings. The van der Waals surface area contributed by atoms with Crippen LogP contribution in [0.3, 0.4) is 0 Å². The van der Waals surface area contributed by atoms with Gasteiger partial charge in [0, 0.05) is 31.3 Å². The van der Waals surface area contributed by atoms with Crippen LogP contribution >= 0.6 is 0 Å². The Morgan fingerprint density at radius 3 is 2.95 bits per heavy atom. The summed E-state index contributed by atoms with van der Waals surface area (Å²) in [5.74, 6) is 0.461. The quantitative estimate of drug-likeness (QED) is 0.780. The molecule has 1 aromatic carbocycles. The van der Waals surface area contributed by atoms with Crippen LogP contribution in [0.2, 0.25) is 0 Å². The lowest BCUT2D eigenvalue weighted by Gasteiger charge is -2.11. The molecule has 1 amide bonds.